The molecule has 0 aliphatic carbocycles. The number of anilines is 3. The van der Waals surface area contributed by atoms with Crippen LogP contribution in [0.3, 0.4) is 0 Å². The van der Waals surface area contributed by atoms with E-state index in [0.717, 1.165) is 16.9 Å². The Morgan fingerprint density at radius 3 is 2.56 bits per heavy atom. The van der Waals surface area contributed by atoms with E-state index in [1.807, 2.05) is 30.3 Å². The van der Waals surface area contributed by atoms with Crippen molar-refractivity contribution in [3.63, 3.8) is 0 Å². The standard InChI is InChI=1S/C18H18N4O3/c1-11(23)17(22-21-13-5-3-2-4-6-13)18(25)19-14-7-8-15-12(9-14)10-16(24)20-15/h2-9,17,21-22H,10H2,1H3,(H,19,25)(H,20,24). The molecule has 0 bridgehead atoms. The molecule has 3 rings (SSSR count). The number of carbonyl (C=O) groups is 3. The van der Waals surface area contributed by atoms with Crippen molar-refractivity contribution in [2.75, 3.05) is 16.1 Å². The summed E-state index contributed by atoms with van der Waals surface area (Å²) in [5, 5.41) is 5.43. The molecular formula is C18H18N4O3. The van der Waals surface area contributed by atoms with Gasteiger partial charge in [0.15, 0.2) is 11.8 Å². The van der Waals surface area contributed by atoms with Gasteiger partial charge in [0.2, 0.25) is 5.91 Å². The zero-order valence-corrected chi connectivity index (χ0v) is 13.6. The number of nitrogens with one attached hydrogen (secondary N) is 4. The Balaban J connectivity index is 1.66. The van der Waals surface area contributed by atoms with Gasteiger partial charge < -0.3 is 16.1 Å². The summed E-state index contributed by atoms with van der Waals surface area (Å²) in [6, 6.07) is 13.3. The molecule has 2 aromatic carbocycles. The molecule has 0 spiro atoms. The fourth-order valence-electron chi connectivity index (χ4n) is 2.55. The normalized spacial score (nSPS) is 13.6. The van der Waals surface area contributed by atoms with Crippen LogP contribution in [0.4, 0.5) is 17.1 Å². The van der Waals surface area contributed by atoms with Crippen LogP contribution < -0.4 is 21.5 Å². The van der Waals surface area contributed by atoms with Crippen LogP contribution in [0.15, 0.2) is 48.5 Å². The fraction of sp³-hybridized carbons (Fsp3) is 0.167. The van der Waals surface area contributed by atoms with E-state index in [1.165, 1.54) is 6.92 Å². The lowest BCUT2D eigenvalue weighted by molar-refractivity contribution is -0.127. The molecular weight excluding hydrogens is 320 g/mol. The fourth-order valence-corrected chi connectivity index (χ4v) is 2.55. The van der Waals surface area contributed by atoms with Crippen molar-refractivity contribution in [2.24, 2.45) is 0 Å². The molecule has 0 saturated carbocycles. The van der Waals surface area contributed by atoms with Gasteiger partial charge in [-0.15, -0.1) is 0 Å². The number of benzene rings is 2. The molecule has 1 aliphatic heterocycles. The topological polar surface area (TPSA) is 99.3 Å². The van der Waals surface area contributed by atoms with Crippen LogP contribution in [0.25, 0.3) is 0 Å². The first-order valence-corrected chi connectivity index (χ1v) is 7.83. The summed E-state index contributed by atoms with van der Waals surface area (Å²) in [6.45, 7) is 1.34. The van der Waals surface area contributed by atoms with Crippen LogP contribution >= 0.6 is 0 Å². The lowest BCUT2D eigenvalue weighted by Crippen LogP contribution is -2.48. The number of hydrogen-bond donors (Lipinski definition) is 4. The maximum absolute atomic E-state index is 12.4. The molecule has 0 radical (unpaired) electrons. The van der Waals surface area contributed by atoms with Crippen molar-refractivity contribution in [3.05, 3.63) is 54.1 Å². The third-order valence-electron chi connectivity index (χ3n) is 3.80. The molecule has 2 aromatic rings. The summed E-state index contributed by atoms with van der Waals surface area (Å²) in [4.78, 5) is 35.6. The molecule has 0 aromatic heterocycles. The summed E-state index contributed by atoms with van der Waals surface area (Å²) >= 11 is 0. The third-order valence-corrected chi connectivity index (χ3v) is 3.80. The van der Waals surface area contributed by atoms with Gasteiger partial charge in [-0.1, -0.05) is 18.2 Å². The average molecular weight is 338 g/mol. The zero-order chi connectivity index (χ0) is 17.8. The number of amides is 2. The van der Waals surface area contributed by atoms with Gasteiger partial charge in [-0.2, -0.15) is 0 Å². The van der Waals surface area contributed by atoms with Crippen molar-refractivity contribution in [3.8, 4) is 0 Å². The summed E-state index contributed by atoms with van der Waals surface area (Å²) < 4.78 is 0. The number of ketones is 1. The zero-order valence-electron chi connectivity index (χ0n) is 13.6. The van der Waals surface area contributed by atoms with Gasteiger partial charge in [0.05, 0.1) is 6.42 Å². The first kappa shape index (κ1) is 16.7. The van der Waals surface area contributed by atoms with Crippen LogP contribution in [0.1, 0.15) is 12.5 Å². The van der Waals surface area contributed by atoms with E-state index < -0.39 is 11.9 Å². The third kappa shape index (κ3) is 4.02. The average Bonchev–Trinajstić information content (AvgIpc) is 2.95. The Morgan fingerprint density at radius 1 is 1.08 bits per heavy atom. The molecule has 1 heterocycles. The molecule has 4 N–H and O–H groups in total. The van der Waals surface area contributed by atoms with Crippen molar-refractivity contribution in [2.45, 2.75) is 19.4 Å². The first-order chi connectivity index (χ1) is 12.0. The molecule has 7 nitrogen and oxygen atoms in total. The molecule has 0 fully saturated rings. The van der Waals surface area contributed by atoms with E-state index in [0.29, 0.717) is 5.69 Å². The molecule has 2 amide bonds. The van der Waals surface area contributed by atoms with E-state index in [-0.39, 0.29) is 18.1 Å². The summed E-state index contributed by atoms with van der Waals surface area (Å²) in [5.74, 6) is -0.874. The number of hydrazine groups is 1. The van der Waals surface area contributed by atoms with Crippen molar-refractivity contribution < 1.29 is 14.4 Å². The summed E-state index contributed by atoms with van der Waals surface area (Å²) in [5.41, 5.74) is 8.43. The van der Waals surface area contributed by atoms with E-state index >= 15 is 0 Å². The highest BCUT2D eigenvalue weighted by atomic mass is 16.2. The van der Waals surface area contributed by atoms with Crippen molar-refractivity contribution >= 4 is 34.7 Å². The van der Waals surface area contributed by atoms with Gasteiger partial charge in [0.25, 0.3) is 5.91 Å². The second kappa shape index (κ2) is 7.14. The van der Waals surface area contributed by atoms with Crippen LogP contribution in [0.5, 0.6) is 0 Å². The SMILES string of the molecule is CC(=O)C(NNc1ccccc1)C(=O)Nc1ccc2c(c1)CC(=O)N2. The van der Waals surface area contributed by atoms with Gasteiger partial charge in [-0.05, 0) is 42.8 Å². The molecule has 7 heteroatoms. The Labute approximate surface area is 144 Å². The summed E-state index contributed by atoms with van der Waals surface area (Å²) in [7, 11) is 0. The monoisotopic (exact) mass is 338 g/mol. The van der Waals surface area contributed by atoms with Crippen LogP contribution in [-0.4, -0.2) is 23.6 Å². The quantitative estimate of drug-likeness (QED) is 0.474. The van der Waals surface area contributed by atoms with E-state index in [9.17, 15) is 14.4 Å². The highest BCUT2D eigenvalue weighted by Gasteiger charge is 2.24. The minimum atomic E-state index is -1.05. The maximum atomic E-state index is 12.4. The Hall–Kier alpha value is -3.19. The molecule has 1 atom stereocenters. The van der Waals surface area contributed by atoms with Gasteiger partial charge >= 0.3 is 0 Å². The van der Waals surface area contributed by atoms with E-state index in [4.69, 9.17) is 0 Å². The van der Waals surface area contributed by atoms with Crippen molar-refractivity contribution in [1.82, 2.24) is 5.43 Å². The Morgan fingerprint density at radius 2 is 1.84 bits per heavy atom. The van der Waals surface area contributed by atoms with E-state index in [1.54, 1.807) is 18.2 Å². The second-order valence-electron chi connectivity index (χ2n) is 5.77. The van der Waals surface area contributed by atoms with Gasteiger partial charge in [-0.3, -0.25) is 14.4 Å². The van der Waals surface area contributed by atoms with Gasteiger partial charge in [-0.25, -0.2) is 5.43 Å². The Bertz CT molecular complexity index is 820. The first-order valence-electron chi connectivity index (χ1n) is 7.83. The molecule has 1 aliphatic rings. The second-order valence-corrected chi connectivity index (χ2v) is 5.77. The molecule has 1 unspecified atom stereocenters. The number of fused-ring (bicyclic) bond motifs is 1. The summed E-state index contributed by atoms with van der Waals surface area (Å²) in [6.07, 6.45) is 0.281. The number of hydrogen-bond acceptors (Lipinski definition) is 5. The minimum absolute atomic E-state index is 0.0752. The van der Waals surface area contributed by atoms with E-state index in [2.05, 4.69) is 21.5 Å². The predicted molar refractivity (Wildman–Crippen MR) is 95.1 cm³/mol. The van der Waals surface area contributed by atoms with Crippen LogP contribution in [-0.2, 0) is 20.8 Å². The number of rotatable bonds is 6. The van der Waals surface area contributed by atoms with Gasteiger partial charge in [0.1, 0.15) is 0 Å². The minimum Gasteiger partial charge on any atom is -0.326 e. The van der Waals surface area contributed by atoms with Crippen molar-refractivity contribution in [1.29, 1.82) is 0 Å². The molecule has 25 heavy (non-hydrogen) atoms. The largest absolute Gasteiger partial charge is 0.326 e. The van der Waals surface area contributed by atoms with Gasteiger partial charge in [0, 0.05) is 17.1 Å². The van der Waals surface area contributed by atoms with Crippen LogP contribution in [0.2, 0.25) is 0 Å². The van der Waals surface area contributed by atoms with Crippen LogP contribution in [0, 0.1) is 0 Å². The molecule has 0 saturated heterocycles. The lowest BCUT2D eigenvalue weighted by Gasteiger charge is -2.17. The maximum Gasteiger partial charge on any atom is 0.250 e. The highest BCUT2D eigenvalue weighted by molar-refractivity contribution is 6.10. The number of para-hydroxylation sites is 1. The Kier molecular flexibility index (Phi) is 4.76. The molecule has 128 valence electrons. The lowest BCUT2D eigenvalue weighted by atomic mass is 10.1. The predicted octanol–water partition coefficient (Wildman–Crippen LogP) is 1.69. The highest BCUT2D eigenvalue weighted by Crippen LogP contribution is 2.26. The smallest absolute Gasteiger partial charge is 0.250 e. The number of carbonyl (C=O) groups excluding carboxylic acids is 3. The number of Topliss-reactive ketones (excluding diaryl/α,β-unsaturated/α-hetero) is 1.